The van der Waals surface area contributed by atoms with Gasteiger partial charge in [0.1, 0.15) is 0 Å². The Bertz CT molecular complexity index is 639. The van der Waals surface area contributed by atoms with E-state index in [9.17, 15) is 13.2 Å². The first-order valence-electron chi connectivity index (χ1n) is 7.94. The number of benzene rings is 1. The Balaban J connectivity index is 2.04. The van der Waals surface area contributed by atoms with Crippen molar-refractivity contribution in [1.82, 2.24) is 10.0 Å². The van der Waals surface area contributed by atoms with Crippen molar-refractivity contribution in [3.63, 3.8) is 0 Å². The lowest BCUT2D eigenvalue weighted by atomic mass is 10.2. The molecule has 0 bridgehead atoms. The van der Waals surface area contributed by atoms with Crippen LogP contribution in [0.25, 0.3) is 0 Å². The predicted octanol–water partition coefficient (Wildman–Crippen LogP) is 1.67. The van der Waals surface area contributed by atoms with Gasteiger partial charge in [-0.1, -0.05) is 13.0 Å². The van der Waals surface area contributed by atoms with Crippen molar-refractivity contribution in [3.8, 4) is 0 Å². The van der Waals surface area contributed by atoms with Crippen molar-refractivity contribution >= 4 is 15.9 Å². The summed E-state index contributed by atoms with van der Waals surface area (Å²) in [4.78, 5) is 12.3. The van der Waals surface area contributed by atoms with Gasteiger partial charge in [0.15, 0.2) is 0 Å². The highest BCUT2D eigenvalue weighted by Gasteiger charge is 2.19. The molecule has 1 amide bonds. The van der Waals surface area contributed by atoms with E-state index in [4.69, 9.17) is 4.74 Å². The number of carbonyl (C=O) groups excluding carboxylic acids is 1. The molecule has 1 aliphatic heterocycles. The zero-order chi connectivity index (χ0) is 16.9. The maximum Gasteiger partial charge on any atom is 0.251 e. The molecule has 0 aliphatic carbocycles. The molecule has 2 unspecified atom stereocenters. The van der Waals surface area contributed by atoms with Gasteiger partial charge in [0.05, 0.1) is 11.0 Å². The van der Waals surface area contributed by atoms with E-state index in [1.165, 1.54) is 12.1 Å². The SMILES string of the molecule is CCC(C)NS(=O)(=O)c1cccc(C(=O)NCC2CCCO2)c1. The van der Waals surface area contributed by atoms with Gasteiger partial charge in [-0.25, -0.2) is 13.1 Å². The normalized spacial score (nSPS) is 19.5. The third kappa shape index (κ3) is 5.02. The quantitative estimate of drug-likeness (QED) is 0.791. The lowest BCUT2D eigenvalue weighted by Crippen LogP contribution is -2.33. The Morgan fingerprint density at radius 3 is 2.87 bits per heavy atom. The van der Waals surface area contributed by atoms with E-state index >= 15 is 0 Å². The molecule has 0 spiro atoms. The van der Waals surface area contributed by atoms with Crippen molar-refractivity contribution in [2.75, 3.05) is 13.2 Å². The summed E-state index contributed by atoms with van der Waals surface area (Å²) in [6, 6.07) is 5.91. The Morgan fingerprint density at radius 1 is 1.43 bits per heavy atom. The van der Waals surface area contributed by atoms with Gasteiger partial charge in [0, 0.05) is 24.8 Å². The summed E-state index contributed by atoms with van der Waals surface area (Å²) < 4.78 is 32.6. The first-order valence-corrected chi connectivity index (χ1v) is 9.43. The number of rotatable bonds is 7. The molecular formula is C16H24N2O4S. The summed E-state index contributed by atoms with van der Waals surface area (Å²) in [5.41, 5.74) is 0.329. The second kappa shape index (κ2) is 7.90. The minimum absolute atomic E-state index is 0.0536. The molecule has 6 nitrogen and oxygen atoms in total. The van der Waals surface area contributed by atoms with Gasteiger partial charge in [-0.3, -0.25) is 4.79 Å². The molecule has 128 valence electrons. The van der Waals surface area contributed by atoms with Crippen LogP contribution in [-0.2, 0) is 14.8 Å². The molecule has 1 aromatic carbocycles. The van der Waals surface area contributed by atoms with Crippen LogP contribution in [0.15, 0.2) is 29.2 Å². The monoisotopic (exact) mass is 340 g/mol. The topological polar surface area (TPSA) is 84.5 Å². The molecule has 23 heavy (non-hydrogen) atoms. The largest absolute Gasteiger partial charge is 0.376 e. The number of amides is 1. The summed E-state index contributed by atoms with van der Waals surface area (Å²) in [6.45, 7) is 4.88. The van der Waals surface area contributed by atoms with E-state index in [0.717, 1.165) is 19.4 Å². The fraction of sp³-hybridized carbons (Fsp3) is 0.562. The number of hydrogen-bond acceptors (Lipinski definition) is 4. The van der Waals surface area contributed by atoms with Crippen molar-refractivity contribution < 1.29 is 17.9 Å². The van der Waals surface area contributed by atoms with Crippen molar-refractivity contribution in [3.05, 3.63) is 29.8 Å². The maximum absolute atomic E-state index is 12.3. The van der Waals surface area contributed by atoms with Crippen LogP contribution in [0.1, 0.15) is 43.5 Å². The van der Waals surface area contributed by atoms with Gasteiger partial charge in [0.2, 0.25) is 10.0 Å². The van der Waals surface area contributed by atoms with E-state index in [2.05, 4.69) is 10.0 Å². The maximum atomic E-state index is 12.3. The van der Waals surface area contributed by atoms with E-state index in [1.807, 2.05) is 6.92 Å². The van der Waals surface area contributed by atoms with E-state index < -0.39 is 10.0 Å². The van der Waals surface area contributed by atoms with Gasteiger partial charge in [-0.2, -0.15) is 0 Å². The summed E-state index contributed by atoms with van der Waals surface area (Å²) in [7, 11) is -3.61. The highest BCUT2D eigenvalue weighted by atomic mass is 32.2. The molecule has 1 saturated heterocycles. The van der Waals surface area contributed by atoms with Crippen LogP contribution < -0.4 is 10.0 Å². The van der Waals surface area contributed by atoms with E-state index in [-0.39, 0.29) is 22.9 Å². The molecule has 0 radical (unpaired) electrons. The molecule has 0 saturated carbocycles. The highest BCUT2D eigenvalue weighted by molar-refractivity contribution is 7.89. The summed E-state index contributed by atoms with van der Waals surface area (Å²) >= 11 is 0. The zero-order valence-electron chi connectivity index (χ0n) is 13.5. The average Bonchev–Trinajstić information content (AvgIpc) is 3.05. The van der Waals surface area contributed by atoms with Gasteiger partial charge in [-0.15, -0.1) is 0 Å². The first-order chi connectivity index (χ1) is 10.9. The Hall–Kier alpha value is -1.44. The lowest BCUT2D eigenvalue weighted by molar-refractivity contribution is 0.0857. The third-order valence-corrected chi connectivity index (χ3v) is 5.48. The number of ether oxygens (including phenoxy) is 1. The second-order valence-corrected chi connectivity index (χ2v) is 7.52. The van der Waals surface area contributed by atoms with Crippen LogP contribution >= 0.6 is 0 Å². The van der Waals surface area contributed by atoms with Crippen LogP contribution in [0.3, 0.4) is 0 Å². The molecule has 2 N–H and O–H groups in total. The van der Waals surface area contributed by atoms with Gasteiger partial charge in [-0.05, 0) is 44.4 Å². The Morgan fingerprint density at radius 2 is 2.22 bits per heavy atom. The Kier molecular flexibility index (Phi) is 6.15. The number of carbonyl (C=O) groups is 1. The first kappa shape index (κ1) is 17.9. The standard InChI is InChI=1S/C16H24N2O4S/c1-3-12(2)18-23(20,21)15-8-4-6-13(10-15)16(19)17-11-14-7-5-9-22-14/h4,6,8,10,12,14,18H,3,5,7,9,11H2,1-2H3,(H,17,19). The average molecular weight is 340 g/mol. The molecule has 0 aromatic heterocycles. The van der Waals surface area contributed by atoms with Crippen LogP contribution in [0, 0.1) is 0 Å². The fourth-order valence-corrected chi connectivity index (χ4v) is 3.71. The second-order valence-electron chi connectivity index (χ2n) is 5.80. The van der Waals surface area contributed by atoms with Crippen LogP contribution in [0.4, 0.5) is 0 Å². The minimum atomic E-state index is -3.61. The van der Waals surface area contributed by atoms with Crippen molar-refractivity contribution in [1.29, 1.82) is 0 Å². The molecule has 1 aromatic rings. The highest BCUT2D eigenvalue weighted by Crippen LogP contribution is 2.14. The molecule has 2 atom stereocenters. The van der Waals surface area contributed by atoms with Crippen molar-refractivity contribution in [2.45, 2.75) is 50.2 Å². The molecule has 7 heteroatoms. The Labute approximate surface area is 137 Å². The lowest BCUT2D eigenvalue weighted by Gasteiger charge is -2.13. The summed E-state index contributed by atoms with van der Waals surface area (Å²) in [5, 5.41) is 2.79. The summed E-state index contributed by atoms with van der Waals surface area (Å²) in [5.74, 6) is -0.291. The zero-order valence-corrected chi connectivity index (χ0v) is 14.4. The van der Waals surface area contributed by atoms with Crippen LogP contribution in [0.5, 0.6) is 0 Å². The van der Waals surface area contributed by atoms with Gasteiger partial charge >= 0.3 is 0 Å². The van der Waals surface area contributed by atoms with Gasteiger partial charge in [0.25, 0.3) is 5.91 Å². The third-order valence-electron chi connectivity index (χ3n) is 3.89. The molecular weight excluding hydrogens is 316 g/mol. The minimum Gasteiger partial charge on any atom is -0.376 e. The molecule has 2 rings (SSSR count). The number of hydrogen-bond donors (Lipinski definition) is 2. The van der Waals surface area contributed by atoms with Crippen LogP contribution in [-0.4, -0.2) is 39.6 Å². The number of sulfonamides is 1. The van der Waals surface area contributed by atoms with Gasteiger partial charge < -0.3 is 10.1 Å². The van der Waals surface area contributed by atoms with E-state index in [1.54, 1.807) is 19.1 Å². The predicted molar refractivity (Wildman–Crippen MR) is 87.8 cm³/mol. The fourth-order valence-electron chi connectivity index (χ4n) is 2.33. The molecule has 1 aliphatic rings. The molecule has 1 fully saturated rings. The molecule has 1 heterocycles. The smallest absolute Gasteiger partial charge is 0.251 e. The van der Waals surface area contributed by atoms with Crippen LogP contribution in [0.2, 0.25) is 0 Å². The van der Waals surface area contributed by atoms with Crippen molar-refractivity contribution in [2.24, 2.45) is 0 Å². The summed E-state index contributed by atoms with van der Waals surface area (Å²) in [6.07, 6.45) is 2.70. The van der Waals surface area contributed by atoms with E-state index in [0.29, 0.717) is 18.5 Å². The number of nitrogens with one attached hydrogen (secondary N) is 2.